The van der Waals surface area contributed by atoms with Crippen LogP contribution in [-0.2, 0) is 0 Å². The average Bonchev–Trinajstić information content (AvgIpc) is 1.85. The van der Waals surface area contributed by atoms with Gasteiger partial charge in [0.05, 0.1) is 5.69 Å². The lowest BCUT2D eigenvalue weighted by molar-refractivity contribution is 1.29. The molecule has 0 spiro atoms. The molecule has 0 aliphatic carbocycles. The van der Waals surface area contributed by atoms with Crippen molar-refractivity contribution >= 4 is 21.6 Å². The number of aromatic nitrogens is 2. The van der Waals surface area contributed by atoms with E-state index < -0.39 is 0 Å². The van der Waals surface area contributed by atoms with Crippen molar-refractivity contribution < 1.29 is 0 Å². The predicted molar refractivity (Wildman–Crippen MR) is 39.1 cm³/mol. The van der Waals surface area contributed by atoms with Gasteiger partial charge in [-0.2, -0.15) is 0 Å². The van der Waals surface area contributed by atoms with Crippen LogP contribution in [0, 0.1) is 6.92 Å². The maximum atomic E-state index is 4.17. The summed E-state index contributed by atoms with van der Waals surface area (Å²) >= 11 is 0. The van der Waals surface area contributed by atoms with Crippen LogP contribution in [0.25, 0.3) is 0 Å². The van der Waals surface area contributed by atoms with Crippen LogP contribution < -0.4 is 5.72 Å². The van der Waals surface area contributed by atoms with E-state index in [1.165, 1.54) is 0 Å². The quantitative estimate of drug-likeness (QED) is 0.344. The van der Waals surface area contributed by atoms with Crippen molar-refractivity contribution in [3.8, 4) is 0 Å². The maximum Gasteiger partial charge on any atom is 0.223 e. The van der Waals surface area contributed by atoms with E-state index in [9.17, 15) is 0 Å². The van der Waals surface area contributed by atoms with Crippen LogP contribution in [0.15, 0.2) is 6.20 Å². The maximum absolute atomic E-state index is 4.17. The summed E-state index contributed by atoms with van der Waals surface area (Å²) in [5.74, 6) is 0. The Morgan fingerprint density at radius 1 is 1.75 bits per heavy atom. The van der Waals surface area contributed by atoms with Crippen molar-refractivity contribution in [2.75, 3.05) is 0 Å². The SMILES string of the molecule is Bc1nc(C)cn1B. The number of aryl methyl sites for hydroxylation is 1. The highest BCUT2D eigenvalue weighted by Gasteiger charge is 1.91. The Morgan fingerprint density at radius 2 is 2.38 bits per heavy atom. The van der Waals surface area contributed by atoms with Crippen molar-refractivity contribution in [3.05, 3.63) is 11.9 Å². The topological polar surface area (TPSA) is 17.8 Å². The van der Waals surface area contributed by atoms with Gasteiger partial charge >= 0.3 is 0 Å². The highest BCUT2D eigenvalue weighted by molar-refractivity contribution is 6.32. The van der Waals surface area contributed by atoms with Gasteiger partial charge in [0, 0.05) is 11.9 Å². The number of imidazole rings is 1. The molecule has 2 nitrogen and oxygen atoms in total. The summed E-state index contributed by atoms with van der Waals surface area (Å²) < 4.78 is 2.01. The lowest BCUT2D eigenvalue weighted by atomic mass is 10.1. The molecule has 0 aliphatic heterocycles. The van der Waals surface area contributed by atoms with E-state index in [0.29, 0.717) is 0 Å². The molecular weight excluding hydrogens is 97.7 g/mol. The Labute approximate surface area is 50.8 Å². The molecule has 0 atom stereocenters. The van der Waals surface area contributed by atoms with Crippen LogP contribution in [0.4, 0.5) is 0 Å². The molecule has 0 aliphatic rings. The summed E-state index contributed by atoms with van der Waals surface area (Å²) in [6.07, 6.45) is 2.01. The molecule has 0 amide bonds. The van der Waals surface area contributed by atoms with Crippen molar-refractivity contribution in [1.82, 2.24) is 9.46 Å². The molecule has 0 aromatic carbocycles. The minimum absolute atomic E-state index is 1.07. The van der Waals surface area contributed by atoms with E-state index in [-0.39, 0.29) is 0 Å². The standard InChI is InChI=1S/C4H8B2N2/c1-3-2-8(6)4(5)7-3/h2H,5-6H2,1H3. The lowest BCUT2D eigenvalue weighted by Gasteiger charge is -1.88. The molecule has 8 heavy (non-hydrogen) atoms. The fraction of sp³-hybridized carbons (Fsp3) is 0.250. The summed E-state index contributed by atoms with van der Waals surface area (Å²) in [7, 11) is 3.99. The first-order chi connectivity index (χ1) is 3.70. The molecule has 0 radical (unpaired) electrons. The predicted octanol–water partition coefficient (Wildman–Crippen LogP) is -2.15. The third kappa shape index (κ3) is 0.782. The second-order valence-electron chi connectivity index (χ2n) is 2.04. The fourth-order valence-corrected chi connectivity index (χ4v) is 0.737. The van der Waals surface area contributed by atoms with Gasteiger partial charge in [-0.05, 0) is 6.92 Å². The molecule has 0 N–H and O–H groups in total. The fourth-order valence-electron chi connectivity index (χ4n) is 0.737. The lowest BCUT2D eigenvalue weighted by Crippen LogP contribution is -2.16. The van der Waals surface area contributed by atoms with Gasteiger partial charge in [-0.3, -0.25) is 4.98 Å². The van der Waals surface area contributed by atoms with Gasteiger partial charge in [0.25, 0.3) is 0 Å². The number of hydrogen-bond acceptors (Lipinski definition) is 1. The molecule has 1 heterocycles. The normalized spacial score (nSPS) is 9.62. The van der Waals surface area contributed by atoms with E-state index in [4.69, 9.17) is 0 Å². The largest absolute Gasteiger partial charge is 0.395 e. The summed E-state index contributed by atoms with van der Waals surface area (Å²) in [5, 5.41) is 0. The van der Waals surface area contributed by atoms with E-state index in [1.807, 2.05) is 33.4 Å². The van der Waals surface area contributed by atoms with Crippen molar-refractivity contribution in [3.63, 3.8) is 0 Å². The molecule has 0 fully saturated rings. The van der Waals surface area contributed by atoms with Crippen LogP contribution in [0.2, 0.25) is 0 Å². The van der Waals surface area contributed by atoms with Gasteiger partial charge in [0.1, 0.15) is 0 Å². The van der Waals surface area contributed by atoms with Gasteiger partial charge in [-0.25, -0.2) is 0 Å². The van der Waals surface area contributed by atoms with Gasteiger partial charge in [0.2, 0.25) is 7.98 Å². The zero-order valence-electron chi connectivity index (χ0n) is 5.47. The Balaban J connectivity index is 3.14. The first-order valence-electron chi connectivity index (χ1n) is 2.66. The zero-order chi connectivity index (χ0) is 6.15. The zero-order valence-corrected chi connectivity index (χ0v) is 5.47. The van der Waals surface area contributed by atoms with E-state index in [1.54, 1.807) is 0 Å². The summed E-state index contributed by atoms with van der Waals surface area (Å²) in [4.78, 5) is 4.17. The summed E-state index contributed by atoms with van der Waals surface area (Å²) in [6, 6.07) is 0. The van der Waals surface area contributed by atoms with Gasteiger partial charge in [-0.1, -0.05) is 0 Å². The Morgan fingerprint density at radius 3 is 2.50 bits per heavy atom. The van der Waals surface area contributed by atoms with Gasteiger partial charge < -0.3 is 4.48 Å². The van der Waals surface area contributed by atoms with E-state index >= 15 is 0 Å². The molecule has 0 unspecified atom stereocenters. The molecule has 1 aromatic heterocycles. The first-order valence-corrected chi connectivity index (χ1v) is 2.66. The first kappa shape index (κ1) is 5.48. The number of rotatable bonds is 0. The van der Waals surface area contributed by atoms with Gasteiger partial charge in [-0.15, -0.1) is 0 Å². The van der Waals surface area contributed by atoms with Crippen LogP contribution >= 0.6 is 0 Å². The van der Waals surface area contributed by atoms with Crippen LogP contribution in [0.1, 0.15) is 5.69 Å². The van der Waals surface area contributed by atoms with Crippen molar-refractivity contribution in [1.29, 1.82) is 0 Å². The summed E-state index contributed by atoms with van der Waals surface area (Å²) in [6.45, 7) is 1.99. The average molecular weight is 106 g/mol. The highest BCUT2D eigenvalue weighted by atomic mass is 15.0. The molecule has 40 valence electrons. The Hall–Kier alpha value is -0.660. The molecule has 4 heteroatoms. The molecule has 0 bridgehead atoms. The van der Waals surface area contributed by atoms with Gasteiger partial charge in [0.15, 0.2) is 7.85 Å². The molecule has 1 aromatic rings. The van der Waals surface area contributed by atoms with Crippen LogP contribution in [0.3, 0.4) is 0 Å². The Kier molecular flexibility index (Phi) is 1.16. The van der Waals surface area contributed by atoms with Crippen molar-refractivity contribution in [2.24, 2.45) is 0 Å². The molecule has 0 saturated heterocycles. The minimum atomic E-state index is 1.07. The van der Waals surface area contributed by atoms with E-state index in [2.05, 4.69) is 4.98 Å². The minimum Gasteiger partial charge on any atom is -0.395 e. The van der Waals surface area contributed by atoms with E-state index in [0.717, 1.165) is 11.4 Å². The molecule has 1 rings (SSSR count). The Bertz CT molecular complexity index is 174. The number of hydrogen-bond donors (Lipinski definition) is 0. The highest BCUT2D eigenvalue weighted by Crippen LogP contribution is 1.83. The number of nitrogens with zero attached hydrogens (tertiary/aromatic N) is 2. The summed E-state index contributed by atoms with van der Waals surface area (Å²) in [5.41, 5.74) is 2.16. The monoisotopic (exact) mass is 106 g/mol. The van der Waals surface area contributed by atoms with Crippen LogP contribution in [0.5, 0.6) is 0 Å². The second-order valence-corrected chi connectivity index (χ2v) is 2.04. The molecule has 0 saturated carbocycles. The second kappa shape index (κ2) is 1.69. The van der Waals surface area contributed by atoms with Crippen molar-refractivity contribution in [2.45, 2.75) is 6.92 Å². The smallest absolute Gasteiger partial charge is 0.223 e. The third-order valence-corrected chi connectivity index (χ3v) is 1.23. The van der Waals surface area contributed by atoms with Crippen LogP contribution in [-0.4, -0.2) is 25.3 Å². The molecular formula is C4H8B2N2. The third-order valence-electron chi connectivity index (χ3n) is 1.23.